The van der Waals surface area contributed by atoms with E-state index in [1.807, 2.05) is 0 Å². The average molecular weight is 241 g/mol. The molecule has 5 nitrogen and oxygen atoms in total. The summed E-state index contributed by atoms with van der Waals surface area (Å²) in [7, 11) is 0. The van der Waals surface area contributed by atoms with E-state index in [0.29, 0.717) is 18.5 Å². The van der Waals surface area contributed by atoms with Crippen molar-refractivity contribution in [3.05, 3.63) is 21.4 Å². The van der Waals surface area contributed by atoms with Gasteiger partial charge in [-0.2, -0.15) is 0 Å². The summed E-state index contributed by atoms with van der Waals surface area (Å²) in [5, 5.41) is 19.5. The van der Waals surface area contributed by atoms with Crippen LogP contribution in [0.2, 0.25) is 0 Å². The third kappa shape index (κ3) is 1.55. The average Bonchev–Trinajstić information content (AvgIpc) is 2.61. The van der Waals surface area contributed by atoms with Gasteiger partial charge < -0.3 is 15.1 Å². The molecular formula is C10H11NO4S. The van der Waals surface area contributed by atoms with Gasteiger partial charge >= 0.3 is 12.1 Å². The third-order valence-corrected chi connectivity index (χ3v) is 4.05. The minimum Gasteiger partial charge on any atom is -0.478 e. The summed E-state index contributed by atoms with van der Waals surface area (Å²) in [5.41, 5.74) is 1.11. The maximum absolute atomic E-state index is 10.9. The van der Waals surface area contributed by atoms with Gasteiger partial charge in [0.25, 0.3) is 0 Å². The zero-order chi connectivity index (χ0) is 11.9. The Morgan fingerprint density at radius 3 is 2.75 bits per heavy atom. The van der Waals surface area contributed by atoms with Crippen LogP contribution in [0.25, 0.3) is 0 Å². The van der Waals surface area contributed by atoms with Crippen molar-refractivity contribution in [2.24, 2.45) is 0 Å². The second-order valence-corrected chi connectivity index (χ2v) is 4.61. The summed E-state index contributed by atoms with van der Waals surface area (Å²) in [5.74, 6) is -0.937. The summed E-state index contributed by atoms with van der Waals surface area (Å²) in [4.78, 5) is 24.1. The highest BCUT2D eigenvalue weighted by Gasteiger charge is 2.31. The number of aromatic carboxylic acids is 1. The van der Waals surface area contributed by atoms with E-state index < -0.39 is 12.1 Å². The van der Waals surface area contributed by atoms with Gasteiger partial charge in [-0.05, 0) is 18.9 Å². The monoisotopic (exact) mass is 241 g/mol. The molecule has 2 rings (SSSR count). The molecule has 1 amide bonds. The molecule has 2 heterocycles. The van der Waals surface area contributed by atoms with E-state index in [1.54, 1.807) is 12.3 Å². The van der Waals surface area contributed by atoms with Crippen LogP contribution in [0.1, 0.15) is 33.8 Å². The van der Waals surface area contributed by atoms with E-state index in [1.165, 1.54) is 16.2 Å². The van der Waals surface area contributed by atoms with Crippen molar-refractivity contribution < 1.29 is 19.8 Å². The van der Waals surface area contributed by atoms with Crippen molar-refractivity contribution in [2.45, 2.75) is 19.4 Å². The molecule has 1 aromatic rings. The van der Waals surface area contributed by atoms with Gasteiger partial charge in [0.15, 0.2) is 0 Å². The minimum atomic E-state index is -0.955. The van der Waals surface area contributed by atoms with E-state index in [9.17, 15) is 9.59 Å². The number of fused-ring (bicyclic) bond motifs is 1. The van der Waals surface area contributed by atoms with E-state index in [2.05, 4.69) is 0 Å². The predicted molar refractivity (Wildman–Crippen MR) is 58.1 cm³/mol. The number of carbonyl (C=O) groups is 2. The molecule has 0 saturated heterocycles. The first-order chi connectivity index (χ1) is 7.52. The number of nitrogens with zero attached hydrogens (tertiary/aromatic N) is 1. The molecule has 0 aliphatic carbocycles. The van der Waals surface area contributed by atoms with Gasteiger partial charge in [-0.3, -0.25) is 0 Å². The summed E-state index contributed by atoms with van der Waals surface area (Å²) < 4.78 is 0. The molecule has 1 atom stereocenters. The van der Waals surface area contributed by atoms with E-state index in [4.69, 9.17) is 10.2 Å². The fourth-order valence-electron chi connectivity index (χ4n) is 2.01. The molecule has 0 fully saturated rings. The molecule has 0 spiro atoms. The normalized spacial score (nSPS) is 19.3. The third-order valence-electron chi connectivity index (χ3n) is 2.85. The molecule has 0 radical (unpaired) electrons. The fraction of sp³-hybridized carbons (Fsp3) is 0.400. The summed E-state index contributed by atoms with van der Waals surface area (Å²) in [6.07, 6.45) is -0.472. The Balaban J connectivity index is 2.40. The first-order valence-corrected chi connectivity index (χ1v) is 5.73. The van der Waals surface area contributed by atoms with Crippen molar-refractivity contribution >= 4 is 23.4 Å². The van der Waals surface area contributed by atoms with Gasteiger partial charge in [-0.25, -0.2) is 9.59 Å². The zero-order valence-corrected chi connectivity index (χ0v) is 9.45. The van der Waals surface area contributed by atoms with Crippen LogP contribution in [-0.2, 0) is 6.42 Å². The van der Waals surface area contributed by atoms with E-state index in [-0.39, 0.29) is 6.04 Å². The molecule has 1 unspecified atom stereocenters. The Morgan fingerprint density at radius 1 is 1.50 bits per heavy atom. The molecule has 16 heavy (non-hydrogen) atoms. The van der Waals surface area contributed by atoms with Crippen molar-refractivity contribution in [1.29, 1.82) is 0 Å². The number of thiophene rings is 1. The lowest BCUT2D eigenvalue weighted by Gasteiger charge is -2.31. The Morgan fingerprint density at radius 2 is 2.19 bits per heavy atom. The zero-order valence-electron chi connectivity index (χ0n) is 8.64. The molecule has 6 heteroatoms. The van der Waals surface area contributed by atoms with Crippen LogP contribution in [0.15, 0.2) is 5.38 Å². The van der Waals surface area contributed by atoms with Crippen LogP contribution in [-0.4, -0.2) is 33.7 Å². The number of rotatable bonds is 1. The van der Waals surface area contributed by atoms with Crippen molar-refractivity contribution in [3.63, 3.8) is 0 Å². The van der Waals surface area contributed by atoms with Crippen molar-refractivity contribution in [2.75, 3.05) is 6.54 Å². The summed E-state index contributed by atoms with van der Waals surface area (Å²) >= 11 is 1.32. The van der Waals surface area contributed by atoms with Crippen LogP contribution < -0.4 is 0 Å². The molecule has 2 N–H and O–H groups in total. The molecular weight excluding hydrogens is 230 g/mol. The minimum absolute atomic E-state index is 0.251. The van der Waals surface area contributed by atoms with Gasteiger partial charge in [0.1, 0.15) is 0 Å². The van der Waals surface area contributed by atoms with Crippen molar-refractivity contribution in [1.82, 2.24) is 4.90 Å². The number of amides is 1. The van der Waals surface area contributed by atoms with Gasteiger partial charge in [0, 0.05) is 16.8 Å². The highest BCUT2D eigenvalue weighted by atomic mass is 32.1. The van der Waals surface area contributed by atoms with Crippen LogP contribution in [0.5, 0.6) is 0 Å². The van der Waals surface area contributed by atoms with Gasteiger partial charge in [-0.15, -0.1) is 11.3 Å². The van der Waals surface area contributed by atoms with Crippen LogP contribution in [0.3, 0.4) is 0 Å². The standard InChI is InChI=1S/C10H11NO4S/c1-5-8-6(2-3-11(5)10(14)15)7(4-16-8)9(12)13/h4-5H,2-3H2,1H3,(H,12,13)(H,14,15). The maximum Gasteiger partial charge on any atom is 0.407 e. The van der Waals surface area contributed by atoms with Crippen LogP contribution in [0.4, 0.5) is 4.79 Å². The smallest absolute Gasteiger partial charge is 0.407 e. The largest absolute Gasteiger partial charge is 0.478 e. The van der Waals surface area contributed by atoms with E-state index in [0.717, 1.165) is 10.4 Å². The maximum atomic E-state index is 10.9. The molecule has 1 aromatic heterocycles. The highest BCUT2D eigenvalue weighted by Crippen LogP contribution is 2.36. The van der Waals surface area contributed by atoms with Crippen LogP contribution in [0, 0.1) is 0 Å². The van der Waals surface area contributed by atoms with Gasteiger partial charge in [0.05, 0.1) is 11.6 Å². The summed E-state index contributed by atoms with van der Waals surface area (Å²) in [6.45, 7) is 2.15. The Hall–Kier alpha value is -1.56. The molecule has 1 aliphatic heterocycles. The Bertz CT molecular complexity index is 454. The number of carboxylic acids is 1. The predicted octanol–water partition coefficient (Wildman–Crippen LogP) is 2.04. The fourth-order valence-corrected chi connectivity index (χ4v) is 3.18. The second kappa shape index (κ2) is 3.79. The molecule has 0 aromatic carbocycles. The van der Waals surface area contributed by atoms with Crippen LogP contribution >= 0.6 is 11.3 Å². The van der Waals surface area contributed by atoms with Crippen molar-refractivity contribution in [3.8, 4) is 0 Å². The van der Waals surface area contributed by atoms with E-state index >= 15 is 0 Å². The Kier molecular flexibility index (Phi) is 2.59. The number of hydrogen-bond donors (Lipinski definition) is 2. The number of carboxylic acid groups (broad SMARTS) is 2. The molecule has 0 saturated carbocycles. The molecule has 0 bridgehead atoms. The SMILES string of the molecule is CC1c2scc(C(=O)O)c2CCN1C(=O)O. The Labute approximate surface area is 95.9 Å². The number of hydrogen-bond acceptors (Lipinski definition) is 3. The quantitative estimate of drug-likeness (QED) is 0.788. The molecule has 1 aliphatic rings. The van der Waals surface area contributed by atoms with Gasteiger partial charge in [-0.1, -0.05) is 0 Å². The van der Waals surface area contributed by atoms with Gasteiger partial charge in [0.2, 0.25) is 0 Å². The first-order valence-electron chi connectivity index (χ1n) is 4.85. The lowest BCUT2D eigenvalue weighted by atomic mass is 9.99. The molecule has 86 valence electrons. The topological polar surface area (TPSA) is 77.8 Å². The second-order valence-electron chi connectivity index (χ2n) is 3.70. The lowest BCUT2D eigenvalue weighted by Crippen LogP contribution is -2.37. The highest BCUT2D eigenvalue weighted by molar-refractivity contribution is 7.10. The summed E-state index contributed by atoms with van der Waals surface area (Å²) in [6, 6.07) is -0.251. The lowest BCUT2D eigenvalue weighted by molar-refractivity contribution is 0.0695. The first kappa shape index (κ1) is 10.9.